The SMILES string of the molecule is O=C(Cc1ccc(F)cc1)Nc1ccccc1C(F)(F)F. The summed E-state index contributed by atoms with van der Waals surface area (Å²) in [5, 5.41) is 2.23. The largest absolute Gasteiger partial charge is 0.418 e. The zero-order valence-corrected chi connectivity index (χ0v) is 10.7. The molecular weight excluding hydrogens is 286 g/mol. The van der Waals surface area contributed by atoms with Crippen molar-refractivity contribution in [3.63, 3.8) is 0 Å². The van der Waals surface area contributed by atoms with Gasteiger partial charge in [-0.3, -0.25) is 4.79 Å². The molecule has 0 aliphatic rings. The van der Waals surface area contributed by atoms with Crippen molar-refractivity contribution in [2.75, 3.05) is 5.32 Å². The van der Waals surface area contributed by atoms with Crippen molar-refractivity contribution in [1.82, 2.24) is 0 Å². The zero-order chi connectivity index (χ0) is 15.5. The Hall–Kier alpha value is -2.37. The summed E-state index contributed by atoms with van der Waals surface area (Å²) in [5.74, 6) is -1.04. The number of halogens is 4. The summed E-state index contributed by atoms with van der Waals surface area (Å²) >= 11 is 0. The molecule has 6 heteroatoms. The first-order valence-electron chi connectivity index (χ1n) is 6.07. The first-order chi connectivity index (χ1) is 9.86. The predicted molar refractivity (Wildman–Crippen MR) is 70.2 cm³/mol. The lowest BCUT2D eigenvalue weighted by atomic mass is 10.1. The van der Waals surface area contributed by atoms with Gasteiger partial charge in [-0.1, -0.05) is 24.3 Å². The molecule has 0 unspecified atom stereocenters. The third-order valence-electron chi connectivity index (χ3n) is 2.78. The molecule has 0 fully saturated rings. The maximum absolute atomic E-state index is 12.8. The van der Waals surface area contributed by atoms with Gasteiger partial charge < -0.3 is 5.32 Å². The van der Waals surface area contributed by atoms with Crippen molar-refractivity contribution < 1.29 is 22.4 Å². The van der Waals surface area contributed by atoms with E-state index in [4.69, 9.17) is 0 Å². The highest BCUT2D eigenvalue weighted by Crippen LogP contribution is 2.34. The number of benzene rings is 2. The second kappa shape index (κ2) is 5.95. The van der Waals surface area contributed by atoms with Gasteiger partial charge in [-0.25, -0.2) is 4.39 Å². The molecule has 0 atom stereocenters. The van der Waals surface area contributed by atoms with Gasteiger partial charge in [0, 0.05) is 0 Å². The van der Waals surface area contributed by atoms with Gasteiger partial charge in [0.1, 0.15) is 5.82 Å². The average Bonchev–Trinajstić information content (AvgIpc) is 2.41. The summed E-state index contributed by atoms with van der Waals surface area (Å²) in [5.41, 5.74) is -0.687. The molecule has 1 N–H and O–H groups in total. The molecule has 0 aliphatic carbocycles. The fraction of sp³-hybridized carbons (Fsp3) is 0.133. The smallest absolute Gasteiger partial charge is 0.325 e. The lowest BCUT2D eigenvalue weighted by Gasteiger charge is -2.13. The van der Waals surface area contributed by atoms with Crippen LogP contribution in [0.25, 0.3) is 0 Å². The van der Waals surface area contributed by atoms with Crippen LogP contribution >= 0.6 is 0 Å². The van der Waals surface area contributed by atoms with E-state index in [9.17, 15) is 22.4 Å². The third-order valence-corrected chi connectivity index (χ3v) is 2.78. The maximum atomic E-state index is 12.8. The van der Waals surface area contributed by atoms with Gasteiger partial charge in [-0.2, -0.15) is 13.2 Å². The van der Waals surface area contributed by atoms with E-state index in [0.29, 0.717) is 5.56 Å². The number of rotatable bonds is 3. The summed E-state index contributed by atoms with van der Waals surface area (Å²) in [6, 6.07) is 9.92. The van der Waals surface area contributed by atoms with Crippen LogP contribution in [-0.2, 0) is 17.4 Å². The quantitative estimate of drug-likeness (QED) is 0.852. The van der Waals surface area contributed by atoms with Crippen LogP contribution in [0.4, 0.5) is 23.2 Å². The standard InChI is InChI=1S/C15H11F4NO/c16-11-7-5-10(6-8-11)9-14(21)20-13-4-2-1-3-12(13)15(17,18)19/h1-8H,9H2,(H,20,21). The monoisotopic (exact) mass is 297 g/mol. The van der Waals surface area contributed by atoms with Crippen LogP contribution in [0, 0.1) is 5.82 Å². The number of carbonyl (C=O) groups is 1. The molecule has 2 rings (SSSR count). The van der Waals surface area contributed by atoms with Crippen molar-refractivity contribution in [1.29, 1.82) is 0 Å². The Bertz CT molecular complexity index is 635. The number of hydrogen-bond acceptors (Lipinski definition) is 1. The van der Waals surface area contributed by atoms with Crippen molar-refractivity contribution in [2.45, 2.75) is 12.6 Å². The van der Waals surface area contributed by atoms with Crippen LogP contribution in [0.1, 0.15) is 11.1 Å². The zero-order valence-electron chi connectivity index (χ0n) is 10.7. The topological polar surface area (TPSA) is 29.1 Å². The second-order valence-electron chi connectivity index (χ2n) is 4.39. The highest BCUT2D eigenvalue weighted by Gasteiger charge is 2.33. The van der Waals surface area contributed by atoms with Gasteiger partial charge in [0.2, 0.25) is 5.91 Å². The molecule has 2 aromatic rings. The fourth-order valence-corrected chi connectivity index (χ4v) is 1.82. The predicted octanol–water partition coefficient (Wildman–Crippen LogP) is 4.03. The molecular formula is C15H11F4NO. The van der Waals surface area contributed by atoms with Gasteiger partial charge in [0.05, 0.1) is 17.7 Å². The second-order valence-corrected chi connectivity index (χ2v) is 4.39. The Morgan fingerprint density at radius 3 is 2.24 bits per heavy atom. The minimum absolute atomic E-state index is 0.132. The third kappa shape index (κ3) is 4.05. The van der Waals surface area contributed by atoms with E-state index in [2.05, 4.69) is 5.32 Å². The van der Waals surface area contributed by atoms with E-state index in [1.807, 2.05) is 0 Å². The van der Waals surface area contributed by atoms with Crippen molar-refractivity contribution in [2.24, 2.45) is 0 Å². The number of para-hydroxylation sites is 1. The molecule has 0 spiro atoms. The number of nitrogens with one attached hydrogen (secondary N) is 1. The number of anilines is 1. The van der Waals surface area contributed by atoms with Gasteiger partial charge in [-0.05, 0) is 29.8 Å². The van der Waals surface area contributed by atoms with Gasteiger partial charge in [-0.15, -0.1) is 0 Å². The Balaban J connectivity index is 2.11. The van der Waals surface area contributed by atoms with Gasteiger partial charge in [0.15, 0.2) is 0 Å². The molecule has 0 saturated heterocycles. The number of hydrogen-bond donors (Lipinski definition) is 1. The van der Waals surface area contributed by atoms with Crippen molar-refractivity contribution in [3.05, 3.63) is 65.5 Å². The van der Waals surface area contributed by atoms with E-state index in [1.165, 1.54) is 42.5 Å². The Labute approximate surface area is 118 Å². The molecule has 0 saturated carbocycles. The minimum atomic E-state index is -4.54. The van der Waals surface area contributed by atoms with Crippen LogP contribution in [0.5, 0.6) is 0 Å². The molecule has 0 bridgehead atoms. The van der Waals surface area contributed by atoms with E-state index >= 15 is 0 Å². The molecule has 2 nitrogen and oxygen atoms in total. The molecule has 1 amide bonds. The molecule has 0 radical (unpaired) electrons. The van der Waals surface area contributed by atoms with E-state index in [-0.39, 0.29) is 12.1 Å². The molecule has 2 aromatic carbocycles. The number of carbonyl (C=O) groups excluding carboxylic acids is 1. The summed E-state index contributed by atoms with van der Waals surface area (Å²) in [7, 11) is 0. The molecule has 110 valence electrons. The Morgan fingerprint density at radius 2 is 1.62 bits per heavy atom. The van der Waals surface area contributed by atoms with Gasteiger partial charge >= 0.3 is 6.18 Å². The van der Waals surface area contributed by atoms with E-state index in [1.54, 1.807) is 0 Å². The van der Waals surface area contributed by atoms with Crippen LogP contribution in [0.3, 0.4) is 0 Å². The first kappa shape index (κ1) is 15.0. The average molecular weight is 297 g/mol. The molecule has 0 aromatic heterocycles. The highest BCUT2D eigenvalue weighted by atomic mass is 19.4. The summed E-state index contributed by atoms with van der Waals surface area (Å²) in [4.78, 5) is 11.8. The minimum Gasteiger partial charge on any atom is -0.325 e. The van der Waals surface area contributed by atoms with Crippen LogP contribution in [0.15, 0.2) is 48.5 Å². The van der Waals surface area contributed by atoms with Crippen LogP contribution < -0.4 is 5.32 Å². The van der Waals surface area contributed by atoms with Crippen molar-refractivity contribution >= 4 is 11.6 Å². The Kier molecular flexibility index (Phi) is 4.26. The number of amides is 1. The fourth-order valence-electron chi connectivity index (χ4n) is 1.82. The Morgan fingerprint density at radius 1 is 1.00 bits per heavy atom. The first-order valence-corrected chi connectivity index (χ1v) is 6.07. The van der Waals surface area contributed by atoms with Crippen molar-refractivity contribution in [3.8, 4) is 0 Å². The van der Waals surface area contributed by atoms with E-state index < -0.39 is 23.5 Å². The van der Waals surface area contributed by atoms with Gasteiger partial charge in [0.25, 0.3) is 0 Å². The molecule has 21 heavy (non-hydrogen) atoms. The lowest BCUT2D eigenvalue weighted by molar-refractivity contribution is -0.137. The highest BCUT2D eigenvalue weighted by molar-refractivity contribution is 5.93. The van der Waals surface area contributed by atoms with Crippen LogP contribution in [0.2, 0.25) is 0 Å². The van der Waals surface area contributed by atoms with E-state index in [0.717, 1.165) is 6.07 Å². The summed E-state index contributed by atoms with van der Waals surface area (Å²) < 4.78 is 51.1. The molecule has 0 heterocycles. The summed E-state index contributed by atoms with van der Waals surface area (Å²) in [6.45, 7) is 0. The van der Waals surface area contributed by atoms with Crippen LogP contribution in [-0.4, -0.2) is 5.91 Å². The summed E-state index contributed by atoms with van der Waals surface area (Å²) in [6.07, 6.45) is -4.67. The number of alkyl halides is 3. The normalized spacial score (nSPS) is 11.2. The molecule has 0 aliphatic heterocycles. The lowest BCUT2D eigenvalue weighted by Crippen LogP contribution is -2.18. The maximum Gasteiger partial charge on any atom is 0.418 e.